The van der Waals surface area contributed by atoms with E-state index in [1.807, 2.05) is 62.7 Å². The number of aromatic nitrogens is 2. The van der Waals surface area contributed by atoms with Crippen LogP contribution in [-0.4, -0.2) is 62.2 Å². The van der Waals surface area contributed by atoms with Crippen molar-refractivity contribution in [3.8, 4) is 0 Å². The standard InChI is InChI=1S/C28H34N6O3/c1-21-9-11-24(12-10-21)30-28(35)37-15-5-8-25-31-26(19-27(32-25)34-13-16-36-17-14-34)33(3)29-20-23-7-4-6-22(2)18-23/h4,6-7,9-12,18-20H,5,8,13-17H2,1-3H3,(H,30,35)/b29-20+. The Hall–Kier alpha value is -3.98. The lowest BCUT2D eigenvalue weighted by atomic mass is 10.2. The fourth-order valence-corrected chi connectivity index (χ4v) is 3.85. The van der Waals surface area contributed by atoms with Gasteiger partial charge in [0.15, 0.2) is 5.82 Å². The van der Waals surface area contributed by atoms with E-state index in [0.717, 1.165) is 30.0 Å². The number of ether oxygens (including phenoxy) is 2. The summed E-state index contributed by atoms with van der Waals surface area (Å²) in [6, 6.07) is 17.7. The van der Waals surface area contributed by atoms with Crippen molar-refractivity contribution in [1.29, 1.82) is 0 Å². The molecular formula is C28H34N6O3. The van der Waals surface area contributed by atoms with Gasteiger partial charge < -0.3 is 14.4 Å². The van der Waals surface area contributed by atoms with E-state index in [-0.39, 0.29) is 6.61 Å². The molecule has 0 saturated carbocycles. The second-order valence-corrected chi connectivity index (χ2v) is 9.01. The maximum atomic E-state index is 12.1. The van der Waals surface area contributed by atoms with Gasteiger partial charge >= 0.3 is 6.09 Å². The smallest absolute Gasteiger partial charge is 0.411 e. The number of aryl methyl sites for hydroxylation is 3. The van der Waals surface area contributed by atoms with Crippen LogP contribution in [-0.2, 0) is 15.9 Å². The molecule has 3 aromatic rings. The molecule has 1 aliphatic rings. The van der Waals surface area contributed by atoms with Crippen LogP contribution in [0.3, 0.4) is 0 Å². The number of nitrogens with one attached hydrogen (secondary N) is 1. The average Bonchev–Trinajstić information content (AvgIpc) is 2.91. The molecule has 0 atom stereocenters. The normalized spacial score (nSPS) is 13.5. The largest absolute Gasteiger partial charge is 0.449 e. The van der Waals surface area contributed by atoms with Crippen LogP contribution in [0.2, 0.25) is 0 Å². The van der Waals surface area contributed by atoms with Gasteiger partial charge in [0.25, 0.3) is 0 Å². The Morgan fingerprint density at radius 3 is 2.65 bits per heavy atom. The lowest BCUT2D eigenvalue weighted by Gasteiger charge is -2.28. The molecule has 0 bridgehead atoms. The maximum Gasteiger partial charge on any atom is 0.411 e. The highest BCUT2D eigenvalue weighted by Crippen LogP contribution is 2.21. The predicted molar refractivity (Wildman–Crippen MR) is 147 cm³/mol. The molecule has 2 aromatic carbocycles. The summed E-state index contributed by atoms with van der Waals surface area (Å²) < 4.78 is 10.9. The Bertz CT molecular complexity index is 1210. The lowest BCUT2D eigenvalue weighted by molar-refractivity contribution is 0.122. The quantitative estimate of drug-likeness (QED) is 0.260. The third-order valence-corrected chi connectivity index (χ3v) is 5.91. The first-order chi connectivity index (χ1) is 18.0. The number of carbonyl (C=O) groups excluding carboxylic acids is 1. The minimum absolute atomic E-state index is 0.263. The molecule has 2 heterocycles. The van der Waals surface area contributed by atoms with Crippen molar-refractivity contribution in [2.45, 2.75) is 26.7 Å². The molecule has 9 nitrogen and oxygen atoms in total. The maximum absolute atomic E-state index is 12.1. The highest BCUT2D eigenvalue weighted by atomic mass is 16.5. The van der Waals surface area contributed by atoms with Gasteiger partial charge in [0.05, 0.1) is 26.0 Å². The number of hydrazone groups is 1. The van der Waals surface area contributed by atoms with Gasteiger partial charge in [-0.3, -0.25) is 10.3 Å². The van der Waals surface area contributed by atoms with Gasteiger partial charge in [-0.1, -0.05) is 47.5 Å². The van der Waals surface area contributed by atoms with Crippen LogP contribution in [0, 0.1) is 13.8 Å². The Labute approximate surface area is 218 Å². The summed E-state index contributed by atoms with van der Waals surface area (Å²) >= 11 is 0. The molecule has 0 spiro atoms. The first-order valence-corrected chi connectivity index (χ1v) is 12.5. The van der Waals surface area contributed by atoms with E-state index < -0.39 is 6.09 Å². The van der Waals surface area contributed by atoms with Gasteiger partial charge in [0, 0.05) is 38.3 Å². The van der Waals surface area contributed by atoms with Gasteiger partial charge in [0.2, 0.25) is 0 Å². The van der Waals surface area contributed by atoms with Gasteiger partial charge in [-0.15, -0.1) is 0 Å². The number of morpholine rings is 1. The van der Waals surface area contributed by atoms with Crippen molar-refractivity contribution >= 4 is 29.6 Å². The van der Waals surface area contributed by atoms with Crippen molar-refractivity contribution < 1.29 is 14.3 Å². The minimum atomic E-state index is -0.474. The Balaban J connectivity index is 1.39. The molecule has 1 aromatic heterocycles. The fraction of sp³-hybridized carbons (Fsp3) is 0.357. The molecule has 0 unspecified atom stereocenters. The SMILES string of the molecule is Cc1ccc(NC(=O)OCCCc2nc(N3CCOCC3)cc(N(C)/N=C/c3cccc(C)c3)n2)cc1. The molecule has 1 N–H and O–H groups in total. The van der Waals surface area contributed by atoms with Crippen LogP contribution >= 0.6 is 0 Å². The monoisotopic (exact) mass is 502 g/mol. The van der Waals surface area contributed by atoms with E-state index in [2.05, 4.69) is 34.4 Å². The number of amides is 1. The Morgan fingerprint density at radius 1 is 1.11 bits per heavy atom. The average molecular weight is 503 g/mol. The zero-order chi connectivity index (χ0) is 26.0. The first-order valence-electron chi connectivity index (χ1n) is 12.5. The molecule has 0 radical (unpaired) electrons. The zero-order valence-corrected chi connectivity index (χ0v) is 21.7. The molecule has 1 saturated heterocycles. The second-order valence-electron chi connectivity index (χ2n) is 9.01. The highest BCUT2D eigenvalue weighted by molar-refractivity contribution is 5.84. The van der Waals surface area contributed by atoms with Crippen molar-refractivity contribution in [3.63, 3.8) is 0 Å². The van der Waals surface area contributed by atoms with E-state index in [9.17, 15) is 4.79 Å². The van der Waals surface area contributed by atoms with Crippen molar-refractivity contribution in [1.82, 2.24) is 9.97 Å². The minimum Gasteiger partial charge on any atom is -0.449 e. The van der Waals surface area contributed by atoms with Gasteiger partial charge in [0.1, 0.15) is 11.6 Å². The molecule has 194 valence electrons. The Morgan fingerprint density at radius 2 is 1.89 bits per heavy atom. The van der Waals surface area contributed by atoms with E-state index in [1.165, 1.54) is 5.56 Å². The van der Waals surface area contributed by atoms with Crippen LogP contribution < -0.4 is 15.2 Å². The summed E-state index contributed by atoms with van der Waals surface area (Å²) in [5.74, 6) is 2.23. The summed E-state index contributed by atoms with van der Waals surface area (Å²) in [5, 5.41) is 9.09. The lowest BCUT2D eigenvalue weighted by Crippen LogP contribution is -2.37. The van der Waals surface area contributed by atoms with E-state index in [0.29, 0.717) is 43.4 Å². The van der Waals surface area contributed by atoms with Gasteiger partial charge in [-0.25, -0.2) is 14.8 Å². The van der Waals surface area contributed by atoms with Crippen LogP contribution in [0.5, 0.6) is 0 Å². The molecule has 4 rings (SSSR count). The number of benzene rings is 2. The number of anilines is 3. The van der Waals surface area contributed by atoms with Crippen LogP contribution in [0.15, 0.2) is 59.7 Å². The molecule has 1 fully saturated rings. The van der Waals surface area contributed by atoms with Crippen molar-refractivity contribution in [2.75, 3.05) is 55.2 Å². The Kier molecular flexibility index (Phi) is 9.04. The summed E-state index contributed by atoms with van der Waals surface area (Å²) in [6.07, 6.45) is 2.52. The zero-order valence-electron chi connectivity index (χ0n) is 21.7. The third kappa shape index (κ3) is 8.01. The predicted octanol–water partition coefficient (Wildman–Crippen LogP) is 4.58. The van der Waals surface area contributed by atoms with Crippen molar-refractivity contribution in [3.05, 3.63) is 77.1 Å². The molecule has 9 heteroatoms. The molecule has 1 amide bonds. The summed E-state index contributed by atoms with van der Waals surface area (Å²) in [7, 11) is 1.88. The van der Waals surface area contributed by atoms with Crippen LogP contribution in [0.4, 0.5) is 22.1 Å². The number of carbonyl (C=O) groups is 1. The number of hydrogen-bond donors (Lipinski definition) is 1. The third-order valence-electron chi connectivity index (χ3n) is 5.91. The number of hydrogen-bond acceptors (Lipinski definition) is 8. The van der Waals surface area contributed by atoms with E-state index in [4.69, 9.17) is 19.4 Å². The molecule has 37 heavy (non-hydrogen) atoms. The highest BCUT2D eigenvalue weighted by Gasteiger charge is 2.16. The first kappa shape index (κ1) is 26.1. The van der Waals surface area contributed by atoms with E-state index in [1.54, 1.807) is 5.01 Å². The fourth-order valence-electron chi connectivity index (χ4n) is 3.85. The van der Waals surface area contributed by atoms with Gasteiger partial charge in [-0.2, -0.15) is 5.10 Å². The van der Waals surface area contributed by atoms with Gasteiger partial charge in [-0.05, 0) is 38.0 Å². The summed E-state index contributed by atoms with van der Waals surface area (Å²) in [6.45, 7) is 7.20. The number of nitrogens with zero attached hydrogens (tertiary/aromatic N) is 5. The van der Waals surface area contributed by atoms with Crippen LogP contribution in [0.1, 0.15) is 28.9 Å². The topological polar surface area (TPSA) is 92.2 Å². The van der Waals surface area contributed by atoms with Crippen molar-refractivity contribution in [2.24, 2.45) is 5.10 Å². The second kappa shape index (κ2) is 12.8. The molecule has 0 aliphatic carbocycles. The number of rotatable bonds is 9. The summed E-state index contributed by atoms with van der Waals surface area (Å²) in [4.78, 5) is 23.8. The molecule has 1 aliphatic heterocycles. The van der Waals surface area contributed by atoms with E-state index >= 15 is 0 Å². The molecular weight excluding hydrogens is 468 g/mol. The van der Waals surface area contributed by atoms with Crippen LogP contribution in [0.25, 0.3) is 0 Å². The summed E-state index contributed by atoms with van der Waals surface area (Å²) in [5.41, 5.74) is 4.04.